The summed E-state index contributed by atoms with van der Waals surface area (Å²) in [5, 5.41) is 20.5. The third kappa shape index (κ3) is 2.43. The van der Waals surface area contributed by atoms with Crippen molar-refractivity contribution < 1.29 is 10.2 Å². The SMILES string of the molecule is Cc1cc(I)cc(C)c1C1=C(O)C(C)CCC1O. The first-order chi connectivity index (χ1) is 8.41. The highest BCUT2D eigenvalue weighted by atomic mass is 127. The molecular weight excluding hydrogens is 339 g/mol. The molecule has 0 aliphatic heterocycles. The van der Waals surface area contributed by atoms with Crippen LogP contribution in [0.15, 0.2) is 17.9 Å². The first kappa shape index (κ1) is 13.9. The molecule has 0 saturated carbocycles. The molecule has 0 bridgehead atoms. The molecule has 0 aromatic heterocycles. The van der Waals surface area contributed by atoms with Crippen molar-refractivity contribution in [2.24, 2.45) is 5.92 Å². The Bertz CT molecular complexity index is 482. The Hall–Kier alpha value is -0.550. The number of aliphatic hydroxyl groups excluding tert-OH is 2. The summed E-state index contributed by atoms with van der Waals surface area (Å²) < 4.78 is 1.18. The van der Waals surface area contributed by atoms with Gasteiger partial charge in [0.2, 0.25) is 0 Å². The molecule has 2 rings (SSSR count). The summed E-state index contributed by atoms with van der Waals surface area (Å²) in [5.41, 5.74) is 4.00. The maximum Gasteiger partial charge on any atom is 0.101 e. The molecule has 18 heavy (non-hydrogen) atoms. The summed E-state index contributed by atoms with van der Waals surface area (Å²) in [6.07, 6.45) is 1.03. The minimum Gasteiger partial charge on any atom is -0.512 e. The summed E-state index contributed by atoms with van der Waals surface area (Å²) in [5.74, 6) is 0.502. The van der Waals surface area contributed by atoms with Gasteiger partial charge in [-0.1, -0.05) is 6.92 Å². The third-order valence-electron chi connectivity index (χ3n) is 3.72. The van der Waals surface area contributed by atoms with Crippen LogP contribution in [0, 0.1) is 23.3 Å². The van der Waals surface area contributed by atoms with Crippen LogP contribution >= 0.6 is 22.6 Å². The second kappa shape index (κ2) is 5.21. The smallest absolute Gasteiger partial charge is 0.101 e. The molecule has 1 aromatic rings. The van der Waals surface area contributed by atoms with Crippen molar-refractivity contribution in [1.29, 1.82) is 0 Å². The van der Waals surface area contributed by atoms with Gasteiger partial charge in [0.1, 0.15) is 5.76 Å². The van der Waals surface area contributed by atoms with Crippen LogP contribution in [-0.4, -0.2) is 16.3 Å². The van der Waals surface area contributed by atoms with Crippen LogP contribution in [-0.2, 0) is 0 Å². The van der Waals surface area contributed by atoms with Gasteiger partial charge < -0.3 is 10.2 Å². The van der Waals surface area contributed by atoms with Gasteiger partial charge in [-0.3, -0.25) is 0 Å². The Kier molecular flexibility index (Phi) is 4.02. The molecule has 0 heterocycles. The van der Waals surface area contributed by atoms with E-state index in [1.807, 2.05) is 20.8 Å². The van der Waals surface area contributed by atoms with Gasteiger partial charge in [0.25, 0.3) is 0 Å². The van der Waals surface area contributed by atoms with E-state index in [9.17, 15) is 10.2 Å². The van der Waals surface area contributed by atoms with Crippen molar-refractivity contribution in [3.63, 3.8) is 0 Å². The molecular formula is C15H19IO2. The first-order valence-electron chi connectivity index (χ1n) is 6.30. The van der Waals surface area contributed by atoms with Crippen LogP contribution in [0.25, 0.3) is 5.57 Å². The van der Waals surface area contributed by atoms with Crippen molar-refractivity contribution in [3.8, 4) is 0 Å². The number of rotatable bonds is 1. The predicted molar refractivity (Wildman–Crippen MR) is 82.6 cm³/mol. The first-order valence-corrected chi connectivity index (χ1v) is 7.38. The Morgan fingerprint density at radius 1 is 1.17 bits per heavy atom. The summed E-state index contributed by atoms with van der Waals surface area (Å²) in [4.78, 5) is 0. The third-order valence-corrected chi connectivity index (χ3v) is 4.34. The molecule has 2 unspecified atom stereocenters. The van der Waals surface area contributed by atoms with Crippen LogP contribution in [0.5, 0.6) is 0 Å². The molecule has 2 atom stereocenters. The van der Waals surface area contributed by atoms with E-state index in [0.29, 0.717) is 5.76 Å². The van der Waals surface area contributed by atoms with Crippen LogP contribution in [0.1, 0.15) is 36.5 Å². The molecule has 1 aliphatic rings. The maximum atomic E-state index is 10.3. The minimum atomic E-state index is -0.543. The quantitative estimate of drug-likeness (QED) is 0.746. The van der Waals surface area contributed by atoms with Crippen LogP contribution < -0.4 is 0 Å². The van der Waals surface area contributed by atoms with E-state index in [1.54, 1.807) is 0 Å². The average molecular weight is 358 g/mol. The van der Waals surface area contributed by atoms with Crippen molar-refractivity contribution in [2.45, 2.75) is 39.7 Å². The number of halogens is 1. The molecule has 0 amide bonds. The van der Waals surface area contributed by atoms with E-state index >= 15 is 0 Å². The Labute approximate surface area is 122 Å². The number of hydrogen-bond donors (Lipinski definition) is 2. The van der Waals surface area contributed by atoms with Crippen LogP contribution in [0.4, 0.5) is 0 Å². The molecule has 2 N–H and O–H groups in total. The fourth-order valence-corrected chi connectivity index (χ4v) is 3.69. The number of allylic oxidation sites excluding steroid dienone is 1. The fourth-order valence-electron chi connectivity index (χ4n) is 2.76. The van der Waals surface area contributed by atoms with E-state index < -0.39 is 6.10 Å². The standard InChI is InChI=1S/C15H19IO2/c1-8-4-5-12(17)14(15(8)18)13-9(2)6-11(16)7-10(13)3/h6-8,12,17-18H,4-5H2,1-3H3. The molecule has 1 aliphatic carbocycles. The van der Waals surface area contributed by atoms with Gasteiger partial charge in [-0.25, -0.2) is 0 Å². The van der Waals surface area contributed by atoms with E-state index in [4.69, 9.17) is 0 Å². The lowest BCUT2D eigenvalue weighted by Gasteiger charge is -2.28. The number of aliphatic hydroxyl groups is 2. The van der Waals surface area contributed by atoms with E-state index in [0.717, 1.165) is 35.1 Å². The van der Waals surface area contributed by atoms with E-state index in [2.05, 4.69) is 34.7 Å². The van der Waals surface area contributed by atoms with Gasteiger partial charge in [-0.15, -0.1) is 0 Å². The highest BCUT2D eigenvalue weighted by Crippen LogP contribution is 2.37. The van der Waals surface area contributed by atoms with Gasteiger partial charge in [0.15, 0.2) is 0 Å². The van der Waals surface area contributed by atoms with Crippen molar-refractivity contribution in [1.82, 2.24) is 0 Å². The van der Waals surface area contributed by atoms with Crippen molar-refractivity contribution in [3.05, 3.63) is 38.2 Å². The monoisotopic (exact) mass is 358 g/mol. The lowest BCUT2D eigenvalue weighted by molar-refractivity contribution is 0.184. The average Bonchev–Trinajstić information content (AvgIpc) is 2.27. The molecule has 0 fully saturated rings. The zero-order valence-corrected chi connectivity index (χ0v) is 13.2. The molecule has 2 nitrogen and oxygen atoms in total. The Balaban J connectivity index is 2.64. The second-order valence-corrected chi connectivity index (χ2v) is 6.45. The predicted octanol–water partition coefficient (Wildman–Crippen LogP) is 3.97. The zero-order chi connectivity index (χ0) is 13.4. The van der Waals surface area contributed by atoms with E-state index in [-0.39, 0.29) is 5.92 Å². The van der Waals surface area contributed by atoms with Crippen molar-refractivity contribution in [2.75, 3.05) is 0 Å². The highest BCUT2D eigenvalue weighted by Gasteiger charge is 2.28. The minimum absolute atomic E-state index is 0.140. The molecule has 1 aromatic carbocycles. The van der Waals surface area contributed by atoms with Gasteiger partial charge >= 0.3 is 0 Å². The molecule has 0 radical (unpaired) electrons. The molecule has 0 saturated heterocycles. The Morgan fingerprint density at radius 3 is 2.28 bits per heavy atom. The van der Waals surface area contributed by atoms with Crippen molar-refractivity contribution >= 4 is 28.2 Å². The summed E-state index contributed by atoms with van der Waals surface area (Å²) in [6.45, 7) is 6.09. The van der Waals surface area contributed by atoms with Gasteiger partial charge in [0.05, 0.1) is 6.10 Å². The molecule has 0 spiro atoms. The van der Waals surface area contributed by atoms with Crippen LogP contribution in [0.2, 0.25) is 0 Å². The number of hydrogen-bond acceptors (Lipinski definition) is 2. The molecule has 3 heteroatoms. The topological polar surface area (TPSA) is 40.5 Å². The maximum absolute atomic E-state index is 10.3. The highest BCUT2D eigenvalue weighted by molar-refractivity contribution is 14.1. The lowest BCUT2D eigenvalue weighted by Crippen LogP contribution is -2.22. The Morgan fingerprint density at radius 2 is 1.72 bits per heavy atom. The number of benzene rings is 1. The van der Waals surface area contributed by atoms with E-state index in [1.165, 1.54) is 3.57 Å². The zero-order valence-electron chi connectivity index (χ0n) is 11.0. The van der Waals surface area contributed by atoms with Gasteiger partial charge in [0, 0.05) is 15.1 Å². The largest absolute Gasteiger partial charge is 0.512 e. The fraction of sp³-hybridized carbons (Fsp3) is 0.467. The van der Waals surface area contributed by atoms with Crippen LogP contribution in [0.3, 0.4) is 0 Å². The molecule has 98 valence electrons. The number of aryl methyl sites for hydroxylation is 2. The summed E-state index contributed by atoms with van der Waals surface area (Å²) >= 11 is 2.29. The summed E-state index contributed by atoms with van der Waals surface area (Å²) in [6, 6.07) is 4.18. The summed E-state index contributed by atoms with van der Waals surface area (Å²) in [7, 11) is 0. The van der Waals surface area contributed by atoms with Gasteiger partial charge in [-0.05, 0) is 78.1 Å². The second-order valence-electron chi connectivity index (χ2n) is 5.21. The normalized spacial score (nSPS) is 24.5. The lowest BCUT2D eigenvalue weighted by atomic mass is 9.81. The van der Waals surface area contributed by atoms with Gasteiger partial charge in [-0.2, -0.15) is 0 Å².